The van der Waals surface area contributed by atoms with E-state index in [1.165, 1.54) is 11.6 Å². The minimum Gasteiger partial charge on any atom is -0.361 e. The van der Waals surface area contributed by atoms with E-state index in [4.69, 9.17) is 0 Å². The van der Waals surface area contributed by atoms with E-state index in [9.17, 15) is 14.4 Å². The van der Waals surface area contributed by atoms with Crippen LogP contribution in [0.3, 0.4) is 0 Å². The number of fused-ring (bicyclic) bond motifs is 2. The molecule has 8 heteroatoms. The van der Waals surface area contributed by atoms with Gasteiger partial charge in [0.2, 0.25) is 5.91 Å². The third kappa shape index (κ3) is 3.32. The first-order chi connectivity index (χ1) is 15.4. The third-order valence-corrected chi connectivity index (χ3v) is 6.53. The lowest BCUT2D eigenvalue weighted by atomic mass is 9.93. The number of aromatic amines is 1. The molecule has 32 heavy (non-hydrogen) atoms. The number of hydrogen-bond acceptors (Lipinski definition) is 4. The highest BCUT2D eigenvalue weighted by Gasteiger charge is 2.26. The fourth-order valence-electron chi connectivity index (χ4n) is 4.69. The van der Waals surface area contributed by atoms with Crippen molar-refractivity contribution in [1.82, 2.24) is 24.0 Å². The van der Waals surface area contributed by atoms with Crippen molar-refractivity contribution < 1.29 is 4.79 Å². The van der Waals surface area contributed by atoms with Crippen LogP contribution < -0.4 is 11.2 Å². The molecule has 1 saturated heterocycles. The van der Waals surface area contributed by atoms with E-state index in [1.54, 1.807) is 13.1 Å². The van der Waals surface area contributed by atoms with Gasteiger partial charge in [-0.15, -0.1) is 0 Å². The number of aromatic nitrogens is 4. The van der Waals surface area contributed by atoms with Crippen molar-refractivity contribution in [3.05, 3.63) is 74.7 Å². The lowest BCUT2D eigenvalue weighted by molar-refractivity contribution is -0.131. The van der Waals surface area contributed by atoms with Gasteiger partial charge in [0.05, 0.1) is 11.8 Å². The van der Waals surface area contributed by atoms with Crippen molar-refractivity contribution in [2.45, 2.75) is 25.2 Å². The van der Waals surface area contributed by atoms with Crippen LogP contribution in [0.4, 0.5) is 0 Å². The van der Waals surface area contributed by atoms with Gasteiger partial charge in [0, 0.05) is 55.9 Å². The van der Waals surface area contributed by atoms with Crippen molar-refractivity contribution in [2.75, 3.05) is 13.1 Å². The minimum absolute atomic E-state index is 0.0687. The topological polar surface area (TPSA) is 93.0 Å². The maximum atomic E-state index is 13.1. The molecule has 164 valence electrons. The molecule has 0 bridgehead atoms. The molecule has 1 N–H and O–H groups in total. The highest BCUT2D eigenvalue weighted by molar-refractivity contribution is 5.89. The molecule has 0 aliphatic carbocycles. The summed E-state index contributed by atoms with van der Waals surface area (Å²) in [4.78, 5) is 47.6. The zero-order valence-electron chi connectivity index (χ0n) is 18.2. The number of carbonyl (C=O) groups excluding carboxylic acids is 1. The predicted octanol–water partition coefficient (Wildman–Crippen LogP) is 2.06. The number of nitrogens with zero attached hydrogens (tertiary/aromatic N) is 4. The Morgan fingerprint density at radius 2 is 1.91 bits per heavy atom. The molecule has 0 saturated carbocycles. The Labute approximate surface area is 184 Å². The van der Waals surface area contributed by atoms with Crippen LogP contribution >= 0.6 is 0 Å². The fraction of sp³-hybridized carbons (Fsp3) is 0.333. The van der Waals surface area contributed by atoms with E-state index in [-0.39, 0.29) is 17.4 Å². The van der Waals surface area contributed by atoms with Gasteiger partial charge < -0.3 is 9.88 Å². The molecule has 1 aliphatic rings. The Morgan fingerprint density at radius 1 is 1.09 bits per heavy atom. The molecule has 5 rings (SSSR count). The van der Waals surface area contributed by atoms with Crippen molar-refractivity contribution in [3.8, 4) is 0 Å². The van der Waals surface area contributed by atoms with Crippen molar-refractivity contribution in [2.24, 2.45) is 14.1 Å². The third-order valence-electron chi connectivity index (χ3n) is 6.53. The highest BCUT2D eigenvalue weighted by Crippen LogP contribution is 2.27. The number of rotatable bonds is 3. The van der Waals surface area contributed by atoms with E-state index >= 15 is 0 Å². The average molecular weight is 431 g/mol. The molecule has 4 aromatic rings. The largest absolute Gasteiger partial charge is 0.361 e. The maximum Gasteiger partial charge on any atom is 0.332 e. The zero-order valence-corrected chi connectivity index (χ0v) is 18.2. The van der Waals surface area contributed by atoms with Gasteiger partial charge in [-0.25, -0.2) is 9.78 Å². The molecule has 8 nitrogen and oxygen atoms in total. The summed E-state index contributed by atoms with van der Waals surface area (Å²) in [6.07, 6.45) is 4.07. The SMILES string of the molecule is Cn1c(=O)c2ccc([C@H]3CCCN(C(=O)Cc4c[nH]c5ccccc45)C3)nc2n(C)c1=O. The van der Waals surface area contributed by atoms with Gasteiger partial charge in [-0.05, 0) is 36.6 Å². The number of para-hydroxylation sites is 1. The van der Waals surface area contributed by atoms with E-state index in [1.807, 2.05) is 41.4 Å². The Bertz CT molecular complexity index is 1460. The first kappa shape index (κ1) is 20.2. The van der Waals surface area contributed by atoms with E-state index < -0.39 is 5.69 Å². The predicted molar refractivity (Wildman–Crippen MR) is 123 cm³/mol. The molecule has 1 amide bonds. The standard InChI is InChI=1S/C24H25N5O3/c1-27-22-18(23(31)28(2)24(27)32)9-10-19(26-22)15-6-5-11-29(14-15)21(30)12-16-13-25-20-8-4-3-7-17(16)20/h3-4,7-10,13,15,25H,5-6,11-12,14H2,1-2H3/t15-/m0/s1. The number of nitrogens with one attached hydrogen (secondary N) is 1. The number of H-pyrrole nitrogens is 1. The summed E-state index contributed by atoms with van der Waals surface area (Å²) in [6.45, 7) is 1.31. The molecule has 1 atom stereocenters. The van der Waals surface area contributed by atoms with Gasteiger partial charge in [-0.1, -0.05) is 18.2 Å². The van der Waals surface area contributed by atoms with Crippen molar-refractivity contribution in [3.63, 3.8) is 0 Å². The Kier molecular flexibility index (Phi) is 4.92. The van der Waals surface area contributed by atoms with Crippen LogP contribution in [0, 0.1) is 0 Å². The second-order valence-corrected chi connectivity index (χ2v) is 8.53. The fourth-order valence-corrected chi connectivity index (χ4v) is 4.69. The molecule has 0 unspecified atom stereocenters. The van der Waals surface area contributed by atoms with Gasteiger partial charge in [0.1, 0.15) is 5.65 Å². The average Bonchev–Trinajstić information content (AvgIpc) is 3.24. The number of piperidine rings is 1. The number of aryl methyl sites for hydroxylation is 1. The smallest absolute Gasteiger partial charge is 0.332 e. The Balaban J connectivity index is 1.40. The number of benzene rings is 1. The molecule has 0 radical (unpaired) electrons. The van der Waals surface area contributed by atoms with Gasteiger partial charge in [0.15, 0.2) is 0 Å². The summed E-state index contributed by atoms with van der Waals surface area (Å²) in [5.74, 6) is 0.167. The molecule has 3 aromatic heterocycles. The minimum atomic E-state index is -0.397. The van der Waals surface area contributed by atoms with Gasteiger partial charge in [-0.3, -0.25) is 18.7 Å². The van der Waals surface area contributed by atoms with Crippen molar-refractivity contribution in [1.29, 1.82) is 0 Å². The lowest BCUT2D eigenvalue weighted by Gasteiger charge is -2.32. The summed E-state index contributed by atoms with van der Waals surface area (Å²) in [6, 6.07) is 11.6. The maximum absolute atomic E-state index is 13.1. The van der Waals surface area contributed by atoms with Crippen LogP contribution in [0.5, 0.6) is 0 Å². The van der Waals surface area contributed by atoms with Gasteiger partial charge in [0.25, 0.3) is 5.56 Å². The summed E-state index contributed by atoms with van der Waals surface area (Å²) >= 11 is 0. The number of hydrogen-bond donors (Lipinski definition) is 1. The molecule has 1 aliphatic heterocycles. The summed E-state index contributed by atoms with van der Waals surface area (Å²) < 4.78 is 2.50. The van der Waals surface area contributed by atoms with Crippen LogP contribution in [-0.2, 0) is 25.3 Å². The van der Waals surface area contributed by atoms with Crippen LogP contribution in [0.15, 0.2) is 52.2 Å². The van der Waals surface area contributed by atoms with Crippen LogP contribution in [0.1, 0.15) is 30.0 Å². The molecule has 1 aromatic carbocycles. The summed E-state index contributed by atoms with van der Waals surface area (Å²) in [7, 11) is 3.09. The first-order valence-electron chi connectivity index (χ1n) is 10.8. The van der Waals surface area contributed by atoms with E-state index in [0.29, 0.717) is 24.0 Å². The first-order valence-corrected chi connectivity index (χ1v) is 10.8. The Morgan fingerprint density at radius 3 is 2.75 bits per heavy atom. The number of pyridine rings is 1. The molecular weight excluding hydrogens is 406 g/mol. The lowest BCUT2D eigenvalue weighted by Crippen LogP contribution is -2.40. The van der Waals surface area contributed by atoms with Crippen molar-refractivity contribution >= 4 is 27.8 Å². The number of likely N-dealkylation sites (tertiary alicyclic amines) is 1. The quantitative estimate of drug-likeness (QED) is 0.537. The number of amides is 1. The number of carbonyl (C=O) groups is 1. The second kappa shape index (κ2) is 7.78. The summed E-state index contributed by atoms with van der Waals surface area (Å²) in [5.41, 5.74) is 2.49. The van der Waals surface area contributed by atoms with Crippen LogP contribution in [-0.4, -0.2) is 43.0 Å². The normalized spacial score (nSPS) is 16.7. The molecular formula is C24H25N5O3. The van der Waals surface area contributed by atoms with E-state index in [0.717, 1.165) is 46.1 Å². The molecule has 0 spiro atoms. The highest BCUT2D eigenvalue weighted by atomic mass is 16.2. The molecule has 4 heterocycles. The van der Waals surface area contributed by atoms with Gasteiger partial charge >= 0.3 is 5.69 Å². The van der Waals surface area contributed by atoms with E-state index in [2.05, 4.69) is 9.97 Å². The van der Waals surface area contributed by atoms with Gasteiger partial charge in [-0.2, -0.15) is 0 Å². The zero-order chi connectivity index (χ0) is 22.4. The molecule has 1 fully saturated rings. The Hall–Kier alpha value is -3.68. The monoisotopic (exact) mass is 431 g/mol. The summed E-state index contributed by atoms with van der Waals surface area (Å²) in [5, 5.41) is 1.49. The van der Waals surface area contributed by atoms with Crippen LogP contribution in [0.25, 0.3) is 21.9 Å². The van der Waals surface area contributed by atoms with Crippen LogP contribution in [0.2, 0.25) is 0 Å². The second-order valence-electron chi connectivity index (χ2n) is 8.53.